The van der Waals surface area contributed by atoms with Crippen molar-refractivity contribution in [3.63, 3.8) is 0 Å². The third-order valence-electron chi connectivity index (χ3n) is 7.15. The molecular weight excluding hydrogens is 474 g/mol. The smallest absolute Gasteiger partial charge is 0.326 e. The number of aliphatic hydroxyl groups excluding tert-OH is 2. The Bertz CT molecular complexity index is 1020. The molecule has 2 aromatic rings. The summed E-state index contributed by atoms with van der Waals surface area (Å²) in [6, 6.07) is 11.8. The van der Waals surface area contributed by atoms with Crippen LogP contribution in [-0.4, -0.2) is 51.4 Å². The fourth-order valence-electron chi connectivity index (χ4n) is 5.09. The molecule has 1 saturated carbocycles. The van der Waals surface area contributed by atoms with Crippen LogP contribution in [0.25, 0.3) is 11.1 Å². The van der Waals surface area contributed by atoms with E-state index in [9.17, 15) is 24.9 Å². The van der Waals surface area contributed by atoms with Gasteiger partial charge in [0.05, 0.1) is 12.2 Å². The van der Waals surface area contributed by atoms with E-state index >= 15 is 0 Å². The first-order valence-corrected chi connectivity index (χ1v) is 14.3. The number of hydrogen-bond acceptors (Lipinski definition) is 5. The average Bonchev–Trinajstić information content (AvgIpc) is 2.86. The Morgan fingerprint density at radius 2 is 1.78 bits per heavy atom. The number of hydrogen-bond donors (Lipinski definition) is 4. The number of carboxylic acid groups (broad SMARTS) is 1. The van der Waals surface area contributed by atoms with Crippen molar-refractivity contribution in [1.82, 2.24) is 5.32 Å². The largest absolute Gasteiger partial charge is 0.480 e. The number of carboxylic acids is 1. The van der Waals surface area contributed by atoms with Gasteiger partial charge < -0.3 is 20.6 Å². The first-order chi connectivity index (χ1) is 17.3. The highest BCUT2D eigenvalue weighted by Gasteiger charge is 2.25. The molecule has 2 unspecified atom stereocenters. The minimum absolute atomic E-state index is 0.241. The standard InChI is InChI=1S/C29H39NO5S/c1-19-8-6-7-11-23(19)25-17-21(27(32)18-22(31)16-20-9-4-3-5-10-20)12-13-24(25)28(33)30-26(29(34)35)14-15-36-2/h6-8,11-13,17,20,22,26-27,31-32H,3-5,9-10,14-16,18H2,1-2H3,(H,30,33)(H,34,35)/t22?,26-,27?/m0/s1. The quantitative estimate of drug-likeness (QED) is 0.305. The zero-order valence-corrected chi connectivity index (χ0v) is 22.1. The van der Waals surface area contributed by atoms with Gasteiger partial charge >= 0.3 is 5.97 Å². The first-order valence-electron chi connectivity index (χ1n) is 12.9. The van der Waals surface area contributed by atoms with E-state index < -0.39 is 30.1 Å². The molecule has 0 spiro atoms. The van der Waals surface area contributed by atoms with Gasteiger partial charge in [-0.3, -0.25) is 4.79 Å². The van der Waals surface area contributed by atoms with E-state index in [1.54, 1.807) is 18.2 Å². The van der Waals surface area contributed by atoms with Crippen molar-refractivity contribution >= 4 is 23.6 Å². The third-order valence-corrected chi connectivity index (χ3v) is 7.79. The molecule has 3 atom stereocenters. The fraction of sp³-hybridized carbons (Fsp3) is 0.517. The van der Waals surface area contributed by atoms with Crippen LogP contribution in [0, 0.1) is 12.8 Å². The molecule has 0 heterocycles. The number of aryl methyl sites for hydroxylation is 1. The molecule has 1 aliphatic carbocycles. The number of aliphatic hydroxyl groups is 2. The summed E-state index contributed by atoms with van der Waals surface area (Å²) in [6.07, 6.45) is 7.70. The van der Waals surface area contributed by atoms with Crippen LogP contribution >= 0.6 is 11.8 Å². The highest BCUT2D eigenvalue weighted by atomic mass is 32.2. The summed E-state index contributed by atoms with van der Waals surface area (Å²) in [6.45, 7) is 1.95. The lowest BCUT2D eigenvalue weighted by atomic mass is 9.84. The molecule has 4 N–H and O–H groups in total. The molecule has 1 amide bonds. The van der Waals surface area contributed by atoms with E-state index in [0.29, 0.717) is 41.2 Å². The molecule has 0 bridgehead atoms. The Kier molecular flexibility index (Phi) is 10.8. The molecule has 2 aromatic carbocycles. The monoisotopic (exact) mass is 513 g/mol. The number of amides is 1. The highest BCUT2D eigenvalue weighted by Crippen LogP contribution is 2.33. The van der Waals surface area contributed by atoms with Crippen molar-refractivity contribution in [3.8, 4) is 11.1 Å². The van der Waals surface area contributed by atoms with E-state index in [1.165, 1.54) is 31.0 Å². The van der Waals surface area contributed by atoms with Gasteiger partial charge in [0.15, 0.2) is 0 Å². The van der Waals surface area contributed by atoms with E-state index in [0.717, 1.165) is 24.0 Å². The van der Waals surface area contributed by atoms with Gasteiger partial charge in [0, 0.05) is 12.0 Å². The van der Waals surface area contributed by atoms with E-state index in [1.807, 2.05) is 37.4 Å². The van der Waals surface area contributed by atoms with Gasteiger partial charge in [-0.05, 0) is 72.1 Å². The number of benzene rings is 2. The molecule has 6 nitrogen and oxygen atoms in total. The normalized spacial score (nSPS) is 16.8. The number of carbonyl (C=O) groups excluding carboxylic acids is 1. The lowest BCUT2D eigenvalue weighted by Gasteiger charge is -2.25. The van der Waals surface area contributed by atoms with E-state index in [2.05, 4.69) is 5.32 Å². The maximum Gasteiger partial charge on any atom is 0.326 e. The van der Waals surface area contributed by atoms with Crippen LogP contribution in [-0.2, 0) is 4.79 Å². The predicted molar refractivity (Wildman–Crippen MR) is 145 cm³/mol. The summed E-state index contributed by atoms with van der Waals surface area (Å²) in [5.74, 6) is -0.382. The van der Waals surface area contributed by atoms with Crippen molar-refractivity contribution in [2.24, 2.45) is 5.92 Å². The third kappa shape index (κ3) is 7.82. The zero-order chi connectivity index (χ0) is 26.1. The van der Waals surface area contributed by atoms with Crippen LogP contribution in [0.3, 0.4) is 0 Å². The number of carbonyl (C=O) groups is 2. The molecule has 0 aromatic heterocycles. The summed E-state index contributed by atoms with van der Waals surface area (Å²) in [5, 5.41) is 33.8. The average molecular weight is 514 g/mol. The SMILES string of the molecule is CSCC[C@H](NC(=O)c1ccc(C(O)CC(O)CC2CCCCC2)cc1-c1ccccc1C)C(=O)O. The molecule has 0 saturated heterocycles. The summed E-state index contributed by atoms with van der Waals surface area (Å²) >= 11 is 1.53. The van der Waals surface area contributed by atoms with Gasteiger partial charge in [-0.25, -0.2) is 4.79 Å². The topological polar surface area (TPSA) is 107 Å². The van der Waals surface area contributed by atoms with Gasteiger partial charge in [-0.15, -0.1) is 0 Å². The van der Waals surface area contributed by atoms with Crippen LogP contribution in [0.4, 0.5) is 0 Å². The highest BCUT2D eigenvalue weighted by molar-refractivity contribution is 7.98. The summed E-state index contributed by atoms with van der Waals surface area (Å²) in [4.78, 5) is 24.9. The molecule has 196 valence electrons. The Morgan fingerprint density at radius 3 is 2.44 bits per heavy atom. The van der Waals surface area contributed by atoms with Crippen LogP contribution in [0.5, 0.6) is 0 Å². The second-order valence-electron chi connectivity index (χ2n) is 9.91. The minimum Gasteiger partial charge on any atom is -0.480 e. The molecule has 1 fully saturated rings. The number of rotatable bonds is 12. The number of thioether (sulfide) groups is 1. The lowest BCUT2D eigenvalue weighted by molar-refractivity contribution is -0.139. The van der Waals surface area contributed by atoms with Gasteiger partial charge in [0.2, 0.25) is 0 Å². The Balaban J connectivity index is 1.84. The summed E-state index contributed by atoms with van der Waals surface area (Å²) in [7, 11) is 0. The van der Waals surface area contributed by atoms with Crippen molar-refractivity contribution in [2.45, 2.75) is 76.5 Å². The van der Waals surface area contributed by atoms with Gasteiger partial charge in [-0.1, -0.05) is 62.4 Å². The van der Waals surface area contributed by atoms with Crippen LogP contribution in [0.15, 0.2) is 42.5 Å². The fourth-order valence-corrected chi connectivity index (χ4v) is 5.56. The number of nitrogens with one attached hydrogen (secondary N) is 1. The predicted octanol–water partition coefficient (Wildman–Crippen LogP) is 5.35. The van der Waals surface area contributed by atoms with Gasteiger partial charge in [0.1, 0.15) is 6.04 Å². The van der Waals surface area contributed by atoms with Crippen LogP contribution in [0.2, 0.25) is 0 Å². The lowest BCUT2D eigenvalue weighted by Crippen LogP contribution is -2.41. The molecule has 36 heavy (non-hydrogen) atoms. The molecule has 3 rings (SSSR count). The summed E-state index contributed by atoms with van der Waals surface area (Å²) in [5.41, 5.74) is 3.43. The van der Waals surface area contributed by atoms with Crippen LogP contribution < -0.4 is 5.32 Å². The minimum atomic E-state index is -1.06. The van der Waals surface area contributed by atoms with Gasteiger partial charge in [-0.2, -0.15) is 11.8 Å². The first kappa shape index (κ1) is 28.2. The summed E-state index contributed by atoms with van der Waals surface area (Å²) < 4.78 is 0. The Hall–Kier alpha value is -2.35. The van der Waals surface area contributed by atoms with Crippen molar-refractivity contribution in [1.29, 1.82) is 0 Å². The van der Waals surface area contributed by atoms with Crippen molar-refractivity contribution in [3.05, 3.63) is 59.2 Å². The number of aliphatic carboxylic acids is 1. The zero-order valence-electron chi connectivity index (χ0n) is 21.3. The molecule has 1 aliphatic rings. The maximum absolute atomic E-state index is 13.2. The Labute approximate surface area is 218 Å². The molecule has 7 heteroatoms. The Morgan fingerprint density at radius 1 is 1.06 bits per heavy atom. The second kappa shape index (κ2) is 13.8. The van der Waals surface area contributed by atoms with E-state index in [4.69, 9.17) is 0 Å². The molecule has 0 aliphatic heterocycles. The van der Waals surface area contributed by atoms with E-state index in [-0.39, 0.29) is 6.42 Å². The van der Waals surface area contributed by atoms with Gasteiger partial charge in [0.25, 0.3) is 5.91 Å². The van der Waals surface area contributed by atoms with Crippen molar-refractivity contribution in [2.75, 3.05) is 12.0 Å². The van der Waals surface area contributed by atoms with Crippen molar-refractivity contribution < 1.29 is 24.9 Å². The maximum atomic E-state index is 13.2. The van der Waals surface area contributed by atoms with Crippen LogP contribution in [0.1, 0.15) is 79.0 Å². The molecule has 0 radical (unpaired) electrons. The molecular formula is C29H39NO5S. The second-order valence-corrected chi connectivity index (χ2v) is 10.9.